The molecule has 0 bridgehead atoms. The lowest BCUT2D eigenvalue weighted by atomic mass is 9.86. The average molecular weight is 238 g/mol. The SMILES string of the molecule is CCCN1CCC(NC2CCCC2(C)C)CC1. The van der Waals surface area contributed by atoms with Gasteiger partial charge < -0.3 is 10.2 Å². The van der Waals surface area contributed by atoms with Crippen LogP contribution in [0, 0.1) is 5.41 Å². The lowest BCUT2D eigenvalue weighted by molar-refractivity contribution is 0.172. The number of nitrogens with zero attached hydrogens (tertiary/aromatic N) is 1. The van der Waals surface area contributed by atoms with Crippen LogP contribution in [0.1, 0.15) is 59.3 Å². The first-order valence-corrected chi connectivity index (χ1v) is 7.60. The molecule has 1 N–H and O–H groups in total. The first-order chi connectivity index (χ1) is 8.12. The molecule has 2 rings (SSSR count). The van der Waals surface area contributed by atoms with E-state index in [-0.39, 0.29) is 0 Å². The molecule has 1 saturated carbocycles. The molecule has 1 heterocycles. The van der Waals surface area contributed by atoms with E-state index in [1.54, 1.807) is 0 Å². The maximum atomic E-state index is 3.94. The molecule has 0 aromatic rings. The third-order valence-corrected chi connectivity index (χ3v) is 4.82. The first-order valence-electron chi connectivity index (χ1n) is 7.60. The number of nitrogens with one attached hydrogen (secondary N) is 1. The van der Waals surface area contributed by atoms with Gasteiger partial charge in [0.2, 0.25) is 0 Å². The van der Waals surface area contributed by atoms with Gasteiger partial charge in [0.15, 0.2) is 0 Å². The molecule has 1 atom stereocenters. The van der Waals surface area contributed by atoms with Gasteiger partial charge in [-0.1, -0.05) is 27.2 Å². The van der Waals surface area contributed by atoms with Crippen LogP contribution < -0.4 is 5.32 Å². The lowest BCUT2D eigenvalue weighted by Crippen LogP contribution is -2.49. The van der Waals surface area contributed by atoms with Crippen molar-refractivity contribution in [1.82, 2.24) is 10.2 Å². The highest BCUT2D eigenvalue weighted by Crippen LogP contribution is 2.37. The van der Waals surface area contributed by atoms with Gasteiger partial charge in [0, 0.05) is 12.1 Å². The predicted molar refractivity (Wildman–Crippen MR) is 74.3 cm³/mol. The molecule has 1 unspecified atom stereocenters. The number of piperidine rings is 1. The Kier molecular flexibility index (Phi) is 4.48. The van der Waals surface area contributed by atoms with E-state index < -0.39 is 0 Å². The van der Waals surface area contributed by atoms with Crippen LogP contribution in [0.25, 0.3) is 0 Å². The van der Waals surface area contributed by atoms with Crippen molar-refractivity contribution in [3.05, 3.63) is 0 Å². The van der Waals surface area contributed by atoms with Crippen molar-refractivity contribution in [3.63, 3.8) is 0 Å². The zero-order valence-electron chi connectivity index (χ0n) is 12.0. The number of hydrogen-bond acceptors (Lipinski definition) is 2. The Morgan fingerprint density at radius 3 is 2.41 bits per heavy atom. The van der Waals surface area contributed by atoms with E-state index in [2.05, 4.69) is 31.0 Å². The van der Waals surface area contributed by atoms with E-state index in [1.165, 1.54) is 58.2 Å². The van der Waals surface area contributed by atoms with Crippen LogP contribution in [0.5, 0.6) is 0 Å². The highest BCUT2D eigenvalue weighted by atomic mass is 15.1. The summed E-state index contributed by atoms with van der Waals surface area (Å²) < 4.78 is 0. The molecule has 100 valence electrons. The van der Waals surface area contributed by atoms with Gasteiger partial charge in [-0.25, -0.2) is 0 Å². The minimum Gasteiger partial charge on any atom is -0.311 e. The van der Waals surface area contributed by atoms with Gasteiger partial charge >= 0.3 is 0 Å². The third-order valence-electron chi connectivity index (χ3n) is 4.82. The monoisotopic (exact) mass is 238 g/mol. The molecule has 1 aliphatic heterocycles. The van der Waals surface area contributed by atoms with Crippen LogP contribution >= 0.6 is 0 Å². The quantitative estimate of drug-likeness (QED) is 0.810. The summed E-state index contributed by atoms with van der Waals surface area (Å²) in [6, 6.07) is 1.55. The zero-order chi connectivity index (χ0) is 12.3. The highest BCUT2D eigenvalue weighted by Gasteiger charge is 2.35. The van der Waals surface area contributed by atoms with Crippen molar-refractivity contribution in [2.45, 2.75) is 71.4 Å². The Bertz CT molecular complexity index is 229. The summed E-state index contributed by atoms with van der Waals surface area (Å²) in [5, 5.41) is 3.94. The standard InChI is InChI=1S/C15H30N2/c1-4-10-17-11-7-13(8-12-17)16-14-6-5-9-15(14,2)3/h13-14,16H,4-12H2,1-3H3. The van der Waals surface area contributed by atoms with Crippen LogP contribution in [0.3, 0.4) is 0 Å². The summed E-state index contributed by atoms with van der Waals surface area (Å²) in [5.74, 6) is 0. The van der Waals surface area contributed by atoms with Gasteiger partial charge in [0.05, 0.1) is 0 Å². The maximum Gasteiger partial charge on any atom is 0.0121 e. The normalized spacial score (nSPS) is 30.9. The molecule has 2 fully saturated rings. The van der Waals surface area contributed by atoms with E-state index in [9.17, 15) is 0 Å². The molecule has 2 nitrogen and oxygen atoms in total. The summed E-state index contributed by atoms with van der Waals surface area (Å²) in [6.45, 7) is 11.1. The first kappa shape index (κ1) is 13.4. The predicted octanol–water partition coefficient (Wildman–Crippen LogP) is 3.03. The molecule has 0 aromatic carbocycles. The zero-order valence-corrected chi connectivity index (χ0v) is 12.0. The Balaban J connectivity index is 1.74. The van der Waals surface area contributed by atoms with Crippen LogP contribution in [-0.2, 0) is 0 Å². The molecular formula is C15H30N2. The van der Waals surface area contributed by atoms with E-state index in [0.29, 0.717) is 5.41 Å². The molecule has 0 spiro atoms. The average Bonchev–Trinajstić information content (AvgIpc) is 2.62. The number of likely N-dealkylation sites (tertiary alicyclic amines) is 1. The van der Waals surface area contributed by atoms with Gasteiger partial charge in [-0.2, -0.15) is 0 Å². The summed E-state index contributed by atoms with van der Waals surface area (Å²) in [6.07, 6.45) is 8.22. The van der Waals surface area contributed by atoms with Crippen LogP contribution in [0.2, 0.25) is 0 Å². The van der Waals surface area contributed by atoms with E-state index in [1.807, 2.05) is 0 Å². The lowest BCUT2D eigenvalue weighted by Gasteiger charge is -2.37. The second kappa shape index (κ2) is 5.71. The van der Waals surface area contributed by atoms with Crippen LogP contribution in [-0.4, -0.2) is 36.6 Å². The molecule has 17 heavy (non-hydrogen) atoms. The molecule has 1 aliphatic carbocycles. The topological polar surface area (TPSA) is 15.3 Å². The molecule has 0 aromatic heterocycles. The minimum absolute atomic E-state index is 0.528. The van der Waals surface area contributed by atoms with Crippen LogP contribution in [0.4, 0.5) is 0 Å². The number of hydrogen-bond donors (Lipinski definition) is 1. The molecule has 2 aliphatic rings. The Morgan fingerprint density at radius 2 is 1.88 bits per heavy atom. The van der Waals surface area contributed by atoms with E-state index >= 15 is 0 Å². The number of rotatable bonds is 4. The van der Waals surface area contributed by atoms with Gasteiger partial charge in [0.1, 0.15) is 0 Å². The van der Waals surface area contributed by atoms with Crippen molar-refractivity contribution in [3.8, 4) is 0 Å². The summed E-state index contributed by atoms with van der Waals surface area (Å²) >= 11 is 0. The van der Waals surface area contributed by atoms with Gasteiger partial charge in [-0.05, 0) is 57.2 Å². The van der Waals surface area contributed by atoms with Gasteiger partial charge in [-0.3, -0.25) is 0 Å². The third kappa shape index (κ3) is 3.45. The second-order valence-corrected chi connectivity index (χ2v) is 6.72. The molecule has 2 heteroatoms. The fraction of sp³-hybridized carbons (Fsp3) is 1.00. The Morgan fingerprint density at radius 1 is 1.18 bits per heavy atom. The maximum absolute atomic E-state index is 3.94. The molecule has 0 amide bonds. The van der Waals surface area contributed by atoms with E-state index in [4.69, 9.17) is 0 Å². The van der Waals surface area contributed by atoms with Crippen molar-refractivity contribution in [1.29, 1.82) is 0 Å². The van der Waals surface area contributed by atoms with Crippen molar-refractivity contribution in [2.75, 3.05) is 19.6 Å². The largest absolute Gasteiger partial charge is 0.311 e. The van der Waals surface area contributed by atoms with Crippen molar-refractivity contribution >= 4 is 0 Å². The Hall–Kier alpha value is -0.0800. The molecule has 1 saturated heterocycles. The summed E-state index contributed by atoms with van der Waals surface area (Å²) in [4.78, 5) is 2.62. The summed E-state index contributed by atoms with van der Waals surface area (Å²) in [7, 11) is 0. The van der Waals surface area contributed by atoms with E-state index in [0.717, 1.165) is 12.1 Å². The fourth-order valence-corrected chi connectivity index (χ4v) is 3.56. The smallest absolute Gasteiger partial charge is 0.0121 e. The fourth-order valence-electron chi connectivity index (χ4n) is 3.56. The molecular weight excluding hydrogens is 208 g/mol. The Labute approximate surface area is 107 Å². The summed E-state index contributed by atoms with van der Waals surface area (Å²) in [5.41, 5.74) is 0.528. The molecule has 0 radical (unpaired) electrons. The minimum atomic E-state index is 0.528. The van der Waals surface area contributed by atoms with Crippen molar-refractivity contribution < 1.29 is 0 Å². The van der Waals surface area contributed by atoms with Crippen molar-refractivity contribution in [2.24, 2.45) is 5.41 Å². The van der Waals surface area contributed by atoms with Gasteiger partial charge in [-0.15, -0.1) is 0 Å². The second-order valence-electron chi connectivity index (χ2n) is 6.72. The highest BCUT2D eigenvalue weighted by molar-refractivity contribution is 4.93. The van der Waals surface area contributed by atoms with Crippen LogP contribution in [0.15, 0.2) is 0 Å². The van der Waals surface area contributed by atoms with Gasteiger partial charge in [0.25, 0.3) is 0 Å².